The maximum absolute atomic E-state index is 3.98. The molecule has 0 aliphatic rings. The van der Waals surface area contributed by atoms with Gasteiger partial charge in [-0.05, 0) is 18.6 Å². The van der Waals surface area contributed by atoms with Crippen LogP contribution in [0, 0.1) is 6.92 Å². The van der Waals surface area contributed by atoms with Crippen molar-refractivity contribution in [2.75, 3.05) is 0 Å². The van der Waals surface area contributed by atoms with Crippen LogP contribution in [-0.4, -0.2) is 15.4 Å². The molecule has 2 rings (SSSR count). The van der Waals surface area contributed by atoms with Crippen LogP contribution in [0.1, 0.15) is 20.8 Å². The van der Waals surface area contributed by atoms with Crippen molar-refractivity contribution >= 4 is 11.0 Å². The van der Waals surface area contributed by atoms with Crippen LogP contribution >= 0.6 is 0 Å². The van der Waals surface area contributed by atoms with E-state index in [0.29, 0.717) is 0 Å². The Morgan fingerprint density at radius 3 is 2.67 bits per heavy atom. The lowest BCUT2D eigenvalue weighted by Crippen LogP contribution is -1.73. The molecular weight excluding hydrogens is 150 g/mol. The summed E-state index contributed by atoms with van der Waals surface area (Å²) >= 11 is 0. The Labute approximate surface area is 73.3 Å². The van der Waals surface area contributed by atoms with Crippen LogP contribution in [-0.2, 0) is 0 Å². The van der Waals surface area contributed by atoms with E-state index < -0.39 is 0 Å². The number of hydrogen-bond donors (Lipinski definition) is 1. The van der Waals surface area contributed by atoms with E-state index in [1.165, 1.54) is 0 Å². The van der Waals surface area contributed by atoms with Gasteiger partial charge >= 0.3 is 0 Å². The number of nitrogens with zero attached hydrogens (tertiary/aromatic N) is 2. The largest absolute Gasteiger partial charge is 0.197 e. The molecule has 0 amide bonds. The summed E-state index contributed by atoms with van der Waals surface area (Å²) in [7, 11) is 0. The van der Waals surface area contributed by atoms with Crippen molar-refractivity contribution in [2.24, 2.45) is 0 Å². The molecule has 0 unspecified atom stereocenters. The third-order valence-corrected chi connectivity index (χ3v) is 1.55. The van der Waals surface area contributed by atoms with Crippen molar-refractivity contribution in [3.05, 3.63) is 23.8 Å². The van der Waals surface area contributed by atoms with Crippen LogP contribution in [0.4, 0.5) is 0 Å². The molecule has 1 aromatic heterocycles. The van der Waals surface area contributed by atoms with E-state index in [4.69, 9.17) is 0 Å². The third-order valence-electron chi connectivity index (χ3n) is 1.55. The van der Waals surface area contributed by atoms with E-state index in [2.05, 4.69) is 15.4 Å². The first kappa shape index (κ1) is 8.71. The van der Waals surface area contributed by atoms with E-state index in [9.17, 15) is 0 Å². The predicted molar refractivity (Wildman–Crippen MR) is 52.1 cm³/mol. The minimum atomic E-state index is 0. The van der Waals surface area contributed by atoms with Crippen LogP contribution < -0.4 is 0 Å². The Kier molecular flexibility index (Phi) is 2.80. The summed E-state index contributed by atoms with van der Waals surface area (Å²) in [6.45, 7) is 6.02. The molecular formula is C9H15N3. The fourth-order valence-electron chi connectivity index (χ4n) is 1.01. The number of rotatable bonds is 0. The Morgan fingerprint density at radius 2 is 2.00 bits per heavy atom. The Bertz CT molecular complexity index is 356. The third kappa shape index (κ3) is 1.44. The van der Waals surface area contributed by atoms with Gasteiger partial charge in [-0.1, -0.05) is 26.0 Å². The van der Waals surface area contributed by atoms with Gasteiger partial charge in [0.15, 0.2) is 0 Å². The van der Waals surface area contributed by atoms with Gasteiger partial charge in [0.1, 0.15) is 11.0 Å². The molecule has 66 valence electrons. The number of aromatic nitrogens is 3. The monoisotopic (exact) mass is 165 g/mol. The molecule has 0 saturated heterocycles. The van der Waals surface area contributed by atoms with E-state index in [-0.39, 0.29) is 1.43 Å². The van der Waals surface area contributed by atoms with Crippen molar-refractivity contribution in [2.45, 2.75) is 20.8 Å². The molecule has 1 N–H and O–H groups in total. The molecule has 0 bridgehead atoms. The van der Waals surface area contributed by atoms with Gasteiger partial charge in [-0.3, -0.25) is 0 Å². The summed E-state index contributed by atoms with van der Waals surface area (Å²) in [6.07, 6.45) is 0. The zero-order valence-electron chi connectivity index (χ0n) is 7.63. The molecule has 2 aromatic rings. The number of fused-ring (bicyclic) bond motifs is 1. The molecule has 0 aliphatic heterocycles. The van der Waals surface area contributed by atoms with Gasteiger partial charge in [0.05, 0.1) is 0 Å². The van der Waals surface area contributed by atoms with Crippen molar-refractivity contribution in [1.82, 2.24) is 15.4 Å². The van der Waals surface area contributed by atoms with Crippen LogP contribution in [0.3, 0.4) is 0 Å². The first-order valence-corrected chi connectivity index (χ1v) is 4.14. The minimum Gasteiger partial charge on any atom is -0.197 e. The molecule has 12 heavy (non-hydrogen) atoms. The van der Waals surface area contributed by atoms with Gasteiger partial charge in [-0.25, -0.2) is 0 Å². The van der Waals surface area contributed by atoms with Gasteiger partial charge in [0.2, 0.25) is 0 Å². The topological polar surface area (TPSA) is 41.6 Å². The second-order valence-electron chi connectivity index (χ2n) is 2.27. The van der Waals surface area contributed by atoms with E-state index in [1.807, 2.05) is 39.0 Å². The lowest BCUT2D eigenvalue weighted by molar-refractivity contribution is 0.958. The summed E-state index contributed by atoms with van der Waals surface area (Å²) < 4.78 is 0. The van der Waals surface area contributed by atoms with Gasteiger partial charge in [-0.15, -0.1) is 0 Å². The minimum absolute atomic E-state index is 0. The average Bonchev–Trinajstić information content (AvgIpc) is 2.57. The van der Waals surface area contributed by atoms with Crippen molar-refractivity contribution < 1.29 is 1.43 Å². The molecule has 0 radical (unpaired) electrons. The highest BCUT2D eigenvalue weighted by Gasteiger charge is 1.97. The first-order valence-electron chi connectivity index (χ1n) is 4.14. The zero-order valence-corrected chi connectivity index (χ0v) is 7.63. The first-order chi connectivity index (χ1) is 5.88. The van der Waals surface area contributed by atoms with Crippen LogP contribution in [0.5, 0.6) is 0 Å². The summed E-state index contributed by atoms with van der Waals surface area (Å²) in [6, 6.07) is 5.93. The summed E-state index contributed by atoms with van der Waals surface area (Å²) in [5, 5.41) is 10.5. The van der Waals surface area contributed by atoms with Gasteiger partial charge < -0.3 is 0 Å². The number of aryl methyl sites for hydroxylation is 1. The van der Waals surface area contributed by atoms with Crippen LogP contribution in [0.2, 0.25) is 0 Å². The van der Waals surface area contributed by atoms with Crippen LogP contribution in [0.25, 0.3) is 11.0 Å². The maximum Gasteiger partial charge on any atom is 0.115 e. The standard InChI is InChI=1S/C7H7N3.C2H6.H2/c1-5-3-2-4-6-7(5)9-10-8-6;1-2;/h2-4H,1H3,(H,8,9,10);1-2H3;1H. The molecule has 1 heterocycles. The van der Waals surface area contributed by atoms with Crippen LogP contribution in [0.15, 0.2) is 18.2 Å². The van der Waals surface area contributed by atoms with Crippen molar-refractivity contribution in [3.8, 4) is 0 Å². The summed E-state index contributed by atoms with van der Waals surface area (Å²) in [5.41, 5.74) is 3.05. The Hall–Kier alpha value is -1.38. The Balaban J connectivity index is 0.000000451. The summed E-state index contributed by atoms with van der Waals surface area (Å²) in [4.78, 5) is 0. The fraction of sp³-hybridized carbons (Fsp3) is 0.333. The van der Waals surface area contributed by atoms with E-state index in [1.54, 1.807) is 0 Å². The second kappa shape index (κ2) is 3.85. The summed E-state index contributed by atoms with van der Waals surface area (Å²) in [5.74, 6) is 0. The highest BCUT2D eigenvalue weighted by Crippen LogP contribution is 2.10. The van der Waals surface area contributed by atoms with Gasteiger partial charge in [0.25, 0.3) is 0 Å². The smallest absolute Gasteiger partial charge is 0.115 e. The average molecular weight is 165 g/mol. The predicted octanol–water partition coefficient (Wildman–Crippen LogP) is 2.54. The Morgan fingerprint density at radius 1 is 1.25 bits per heavy atom. The van der Waals surface area contributed by atoms with Gasteiger partial charge in [0, 0.05) is 1.43 Å². The molecule has 0 saturated carbocycles. The molecule has 3 heteroatoms. The number of hydrogen-bond acceptors (Lipinski definition) is 2. The lowest BCUT2D eigenvalue weighted by atomic mass is 10.2. The fourth-order valence-corrected chi connectivity index (χ4v) is 1.01. The van der Waals surface area contributed by atoms with Crippen molar-refractivity contribution in [3.63, 3.8) is 0 Å². The molecule has 0 spiro atoms. The molecule has 3 nitrogen and oxygen atoms in total. The number of para-hydroxylation sites is 1. The molecule has 0 fully saturated rings. The molecule has 1 aromatic carbocycles. The second-order valence-corrected chi connectivity index (χ2v) is 2.27. The normalized spacial score (nSPS) is 9.25. The quantitative estimate of drug-likeness (QED) is 0.651. The van der Waals surface area contributed by atoms with E-state index in [0.717, 1.165) is 16.6 Å². The maximum atomic E-state index is 3.98. The molecule has 0 aliphatic carbocycles. The zero-order chi connectivity index (χ0) is 8.97. The number of benzene rings is 1. The number of H-pyrrole nitrogens is 1. The van der Waals surface area contributed by atoms with Gasteiger partial charge in [-0.2, -0.15) is 15.4 Å². The highest BCUT2D eigenvalue weighted by atomic mass is 15.3. The van der Waals surface area contributed by atoms with Crippen molar-refractivity contribution in [1.29, 1.82) is 0 Å². The SMILES string of the molecule is CC.Cc1cccc2n[nH]nc12.[HH]. The highest BCUT2D eigenvalue weighted by molar-refractivity contribution is 5.76. The van der Waals surface area contributed by atoms with E-state index >= 15 is 0 Å². The molecule has 0 atom stereocenters. The number of aromatic amines is 1. The number of nitrogens with one attached hydrogen (secondary N) is 1. The lowest BCUT2D eigenvalue weighted by Gasteiger charge is -1.88.